The first-order chi connectivity index (χ1) is 10.1. The van der Waals surface area contributed by atoms with E-state index in [4.69, 9.17) is 23.2 Å². The van der Waals surface area contributed by atoms with E-state index in [9.17, 15) is 9.59 Å². The van der Waals surface area contributed by atoms with Crippen LogP contribution in [0.3, 0.4) is 0 Å². The van der Waals surface area contributed by atoms with E-state index >= 15 is 0 Å². The molecule has 1 N–H and O–H groups in total. The molecule has 0 atom stereocenters. The molecule has 0 spiro atoms. The molecule has 1 heterocycles. The zero-order valence-electron chi connectivity index (χ0n) is 10.7. The molecule has 2 aromatic carbocycles. The molecule has 0 saturated heterocycles. The summed E-state index contributed by atoms with van der Waals surface area (Å²) >= 11 is 12.0. The van der Waals surface area contributed by atoms with Crippen molar-refractivity contribution >= 4 is 39.9 Å². The Bertz CT molecular complexity index is 901. The van der Waals surface area contributed by atoms with Gasteiger partial charge in [-0.3, -0.25) is 9.59 Å². The SMILES string of the molecule is O=C(c1ccccc1)c1cc(=O)c2c(Cl)cc(Cl)cc2[nH]1. The standard InChI is InChI=1S/C16H9Cl2NO2/c17-10-6-11(18)15-12(7-10)19-13(8-14(15)20)16(21)9-4-2-1-3-5-9/h1-8H,(H,19,20). The van der Waals surface area contributed by atoms with Gasteiger partial charge in [0.05, 0.1) is 21.6 Å². The van der Waals surface area contributed by atoms with Crippen molar-refractivity contribution in [3.05, 3.63) is 80.1 Å². The maximum Gasteiger partial charge on any atom is 0.209 e. The van der Waals surface area contributed by atoms with E-state index in [1.165, 1.54) is 12.1 Å². The van der Waals surface area contributed by atoms with Gasteiger partial charge in [0.25, 0.3) is 0 Å². The molecule has 5 heteroatoms. The van der Waals surface area contributed by atoms with Crippen molar-refractivity contribution in [3.8, 4) is 0 Å². The molecule has 0 aliphatic carbocycles. The summed E-state index contributed by atoms with van der Waals surface area (Å²) in [6.07, 6.45) is 0. The topological polar surface area (TPSA) is 49.9 Å². The van der Waals surface area contributed by atoms with Crippen LogP contribution >= 0.6 is 23.2 Å². The highest BCUT2D eigenvalue weighted by atomic mass is 35.5. The summed E-state index contributed by atoms with van der Waals surface area (Å²) in [5.74, 6) is -0.259. The Morgan fingerprint density at radius 1 is 1.00 bits per heavy atom. The minimum atomic E-state index is -0.315. The predicted octanol–water partition coefficient (Wildman–Crippen LogP) is 4.07. The van der Waals surface area contributed by atoms with E-state index in [0.29, 0.717) is 21.5 Å². The molecular formula is C16H9Cl2NO2. The number of aromatic nitrogens is 1. The molecule has 0 aliphatic heterocycles. The summed E-state index contributed by atoms with van der Waals surface area (Å²) in [4.78, 5) is 27.5. The Hall–Kier alpha value is -2.10. The van der Waals surface area contributed by atoms with Crippen LogP contribution in [0.15, 0.2) is 53.3 Å². The van der Waals surface area contributed by atoms with Gasteiger partial charge in [0, 0.05) is 16.7 Å². The second-order valence-corrected chi connectivity index (χ2v) is 5.40. The lowest BCUT2D eigenvalue weighted by atomic mass is 10.1. The number of rotatable bonds is 2. The van der Waals surface area contributed by atoms with Crippen LogP contribution in [-0.2, 0) is 0 Å². The molecule has 0 fully saturated rings. The molecule has 0 bridgehead atoms. The van der Waals surface area contributed by atoms with Crippen molar-refractivity contribution in [3.63, 3.8) is 0 Å². The molecule has 0 amide bonds. The minimum absolute atomic E-state index is 0.206. The van der Waals surface area contributed by atoms with Gasteiger partial charge < -0.3 is 4.98 Å². The van der Waals surface area contributed by atoms with E-state index in [-0.39, 0.29) is 21.9 Å². The van der Waals surface area contributed by atoms with E-state index in [0.717, 1.165) is 0 Å². The molecule has 1 aromatic heterocycles. The van der Waals surface area contributed by atoms with Gasteiger partial charge in [0.15, 0.2) is 5.43 Å². The van der Waals surface area contributed by atoms with Crippen LogP contribution in [-0.4, -0.2) is 10.8 Å². The number of H-pyrrole nitrogens is 1. The number of nitrogens with one attached hydrogen (secondary N) is 1. The second kappa shape index (κ2) is 5.35. The molecule has 3 aromatic rings. The summed E-state index contributed by atoms with van der Waals surface area (Å²) in [6, 6.07) is 13.1. The number of fused-ring (bicyclic) bond motifs is 1. The Kier molecular flexibility index (Phi) is 3.53. The molecular weight excluding hydrogens is 309 g/mol. The van der Waals surface area contributed by atoms with Crippen molar-refractivity contribution < 1.29 is 4.79 Å². The number of pyridine rings is 1. The summed E-state index contributed by atoms with van der Waals surface area (Å²) in [5, 5.41) is 0.982. The fourth-order valence-corrected chi connectivity index (χ4v) is 2.76. The number of carbonyl (C=O) groups excluding carboxylic acids is 1. The molecule has 104 valence electrons. The zero-order valence-corrected chi connectivity index (χ0v) is 12.2. The van der Waals surface area contributed by atoms with Crippen LogP contribution in [0.1, 0.15) is 16.1 Å². The lowest BCUT2D eigenvalue weighted by molar-refractivity contribution is 0.103. The van der Waals surface area contributed by atoms with Gasteiger partial charge >= 0.3 is 0 Å². The average molecular weight is 318 g/mol. The van der Waals surface area contributed by atoms with E-state index in [2.05, 4.69) is 4.98 Å². The van der Waals surface area contributed by atoms with Crippen LogP contribution in [0.5, 0.6) is 0 Å². The maximum atomic E-state index is 12.4. The first-order valence-corrected chi connectivity index (χ1v) is 6.93. The second-order valence-electron chi connectivity index (χ2n) is 4.55. The van der Waals surface area contributed by atoms with Gasteiger partial charge in [-0.15, -0.1) is 0 Å². The van der Waals surface area contributed by atoms with Gasteiger partial charge in [-0.05, 0) is 12.1 Å². The third-order valence-corrected chi connectivity index (χ3v) is 3.64. The smallest absolute Gasteiger partial charge is 0.209 e. The lowest BCUT2D eigenvalue weighted by Crippen LogP contribution is -2.11. The van der Waals surface area contributed by atoms with Crippen LogP contribution in [0, 0.1) is 0 Å². The number of halogens is 2. The highest BCUT2D eigenvalue weighted by Crippen LogP contribution is 2.24. The van der Waals surface area contributed by atoms with Crippen LogP contribution in [0.25, 0.3) is 10.9 Å². The van der Waals surface area contributed by atoms with Crippen molar-refractivity contribution in [1.82, 2.24) is 4.98 Å². The number of carbonyl (C=O) groups is 1. The minimum Gasteiger partial charge on any atom is -0.352 e. The van der Waals surface area contributed by atoms with E-state index in [1.54, 1.807) is 30.3 Å². The first-order valence-electron chi connectivity index (χ1n) is 6.18. The third-order valence-electron chi connectivity index (χ3n) is 3.13. The highest BCUT2D eigenvalue weighted by molar-refractivity contribution is 6.38. The lowest BCUT2D eigenvalue weighted by Gasteiger charge is -2.06. The normalized spacial score (nSPS) is 10.8. The third kappa shape index (κ3) is 2.58. The maximum absolute atomic E-state index is 12.4. The summed E-state index contributed by atoms with van der Waals surface area (Å²) in [7, 11) is 0. The summed E-state index contributed by atoms with van der Waals surface area (Å²) in [5.41, 5.74) is 0.835. The van der Waals surface area contributed by atoms with E-state index in [1.807, 2.05) is 6.07 Å². The van der Waals surface area contributed by atoms with Crippen molar-refractivity contribution in [2.45, 2.75) is 0 Å². The quantitative estimate of drug-likeness (QED) is 0.724. The van der Waals surface area contributed by atoms with Gasteiger partial charge in [0.1, 0.15) is 0 Å². The highest BCUT2D eigenvalue weighted by Gasteiger charge is 2.13. The summed E-state index contributed by atoms with van der Waals surface area (Å²) in [6.45, 7) is 0. The summed E-state index contributed by atoms with van der Waals surface area (Å²) < 4.78 is 0. The first kappa shape index (κ1) is 13.9. The van der Waals surface area contributed by atoms with Gasteiger partial charge in [-0.25, -0.2) is 0 Å². The molecule has 0 saturated carbocycles. The molecule has 0 radical (unpaired) electrons. The number of benzene rings is 2. The van der Waals surface area contributed by atoms with Crippen LogP contribution in [0.2, 0.25) is 10.0 Å². The molecule has 3 nitrogen and oxygen atoms in total. The largest absolute Gasteiger partial charge is 0.352 e. The van der Waals surface area contributed by atoms with Gasteiger partial charge in [0.2, 0.25) is 5.78 Å². The zero-order chi connectivity index (χ0) is 15.0. The van der Waals surface area contributed by atoms with E-state index < -0.39 is 0 Å². The Balaban J connectivity index is 2.22. The fourth-order valence-electron chi connectivity index (χ4n) is 2.17. The van der Waals surface area contributed by atoms with Crippen molar-refractivity contribution in [2.24, 2.45) is 0 Å². The average Bonchev–Trinajstić information content (AvgIpc) is 2.46. The molecule has 0 aliphatic rings. The van der Waals surface area contributed by atoms with Crippen LogP contribution in [0.4, 0.5) is 0 Å². The number of hydrogen-bond donors (Lipinski definition) is 1. The molecule has 0 unspecified atom stereocenters. The Labute approximate surface area is 130 Å². The predicted molar refractivity (Wildman–Crippen MR) is 84.5 cm³/mol. The van der Waals surface area contributed by atoms with Gasteiger partial charge in [-0.1, -0.05) is 53.5 Å². The Morgan fingerprint density at radius 3 is 2.43 bits per heavy atom. The Morgan fingerprint density at radius 2 is 1.71 bits per heavy atom. The van der Waals surface area contributed by atoms with Gasteiger partial charge in [-0.2, -0.15) is 0 Å². The number of aromatic amines is 1. The fraction of sp³-hybridized carbons (Fsp3) is 0. The molecule has 3 rings (SSSR count). The number of hydrogen-bond acceptors (Lipinski definition) is 2. The van der Waals surface area contributed by atoms with Crippen molar-refractivity contribution in [1.29, 1.82) is 0 Å². The monoisotopic (exact) mass is 317 g/mol. The molecule has 21 heavy (non-hydrogen) atoms. The van der Waals surface area contributed by atoms with Crippen molar-refractivity contribution in [2.75, 3.05) is 0 Å². The number of ketones is 1. The van der Waals surface area contributed by atoms with Crippen LogP contribution < -0.4 is 5.43 Å².